The molecule has 5 heteroatoms. The molecule has 0 radical (unpaired) electrons. The summed E-state index contributed by atoms with van der Waals surface area (Å²) in [5.41, 5.74) is 0. The summed E-state index contributed by atoms with van der Waals surface area (Å²) in [5, 5.41) is 8.26. The first kappa shape index (κ1) is 10.7. The van der Waals surface area contributed by atoms with E-state index in [9.17, 15) is 0 Å². The number of hydrogen-bond donors (Lipinski definition) is 1. The second-order valence-corrected chi connectivity index (χ2v) is 6.58. The molecule has 3 nitrogen and oxygen atoms in total. The smallest absolute Gasteiger partial charge is 0.206 e. The van der Waals surface area contributed by atoms with Crippen molar-refractivity contribution < 1.29 is 0 Å². The van der Waals surface area contributed by atoms with Gasteiger partial charge in [-0.1, -0.05) is 30.6 Å². The summed E-state index contributed by atoms with van der Waals surface area (Å²) in [4.78, 5) is 2.42. The average Bonchev–Trinajstić information content (AvgIpc) is 2.75. The lowest BCUT2D eigenvalue weighted by atomic mass is 9.75. The minimum absolute atomic E-state index is 0.792. The van der Waals surface area contributed by atoms with Crippen LogP contribution < -0.4 is 4.90 Å². The van der Waals surface area contributed by atoms with Crippen LogP contribution in [0.2, 0.25) is 0 Å². The molecule has 2 aliphatic rings. The molecule has 16 heavy (non-hydrogen) atoms. The molecule has 2 unspecified atom stereocenters. The predicted octanol–water partition coefficient (Wildman–Crippen LogP) is 3.22. The third-order valence-electron chi connectivity index (χ3n) is 3.99. The van der Waals surface area contributed by atoms with Crippen molar-refractivity contribution in [2.45, 2.75) is 32.1 Å². The van der Waals surface area contributed by atoms with Crippen molar-refractivity contribution in [1.29, 1.82) is 0 Å². The molecule has 1 saturated carbocycles. The average molecular weight is 255 g/mol. The summed E-state index contributed by atoms with van der Waals surface area (Å²) in [6.45, 7) is 2.36. The minimum Gasteiger partial charge on any atom is -0.346 e. The fourth-order valence-electron chi connectivity index (χ4n) is 3.13. The number of nitrogens with zero attached hydrogens (tertiary/aromatic N) is 2. The maximum absolute atomic E-state index is 5.09. The first-order valence-electron chi connectivity index (χ1n) is 6.13. The van der Waals surface area contributed by atoms with E-state index < -0.39 is 0 Å². The van der Waals surface area contributed by atoms with Gasteiger partial charge in [0.15, 0.2) is 3.95 Å². The number of hydrogen-bond acceptors (Lipinski definition) is 4. The Balaban J connectivity index is 1.73. The Morgan fingerprint density at radius 3 is 2.81 bits per heavy atom. The highest BCUT2D eigenvalue weighted by Gasteiger charge is 2.31. The van der Waals surface area contributed by atoms with E-state index >= 15 is 0 Å². The van der Waals surface area contributed by atoms with E-state index in [0.717, 1.165) is 27.5 Å². The van der Waals surface area contributed by atoms with Crippen LogP contribution in [0.15, 0.2) is 0 Å². The monoisotopic (exact) mass is 255 g/mol. The van der Waals surface area contributed by atoms with Crippen LogP contribution in [0.25, 0.3) is 0 Å². The summed E-state index contributed by atoms with van der Waals surface area (Å²) in [6.07, 6.45) is 7.08. The second-order valence-electron chi connectivity index (χ2n) is 4.94. The first-order chi connectivity index (χ1) is 7.83. The van der Waals surface area contributed by atoms with Gasteiger partial charge in [-0.05, 0) is 36.9 Å². The molecule has 1 N–H and O–H groups in total. The Morgan fingerprint density at radius 1 is 1.25 bits per heavy atom. The van der Waals surface area contributed by atoms with E-state index in [1.807, 2.05) is 0 Å². The zero-order chi connectivity index (χ0) is 11.0. The third-order valence-corrected chi connectivity index (χ3v) is 5.14. The van der Waals surface area contributed by atoms with Gasteiger partial charge in [-0.25, -0.2) is 0 Å². The molecule has 88 valence electrons. The Kier molecular flexibility index (Phi) is 2.98. The Morgan fingerprint density at radius 2 is 2.06 bits per heavy atom. The fraction of sp³-hybridized carbons (Fsp3) is 0.818. The number of H-pyrrole nitrogens is 1. The molecule has 1 aromatic rings. The van der Waals surface area contributed by atoms with Gasteiger partial charge in [-0.15, -0.1) is 5.10 Å². The van der Waals surface area contributed by atoms with Gasteiger partial charge in [0, 0.05) is 13.1 Å². The maximum atomic E-state index is 5.09. The van der Waals surface area contributed by atoms with E-state index in [-0.39, 0.29) is 0 Å². The van der Waals surface area contributed by atoms with Gasteiger partial charge in [0.05, 0.1) is 0 Å². The lowest BCUT2D eigenvalue weighted by Gasteiger charge is -2.41. The largest absolute Gasteiger partial charge is 0.346 e. The molecule has 0 aromatic carbocycles. The molecule has 0 amide bonds. The quantitative estimate of drug-likeness (QED) is 0.782. The molecule has 1 aliphatic carbocycles. The third kappa shape index (κ3) is 2.02. The molecule has 2 heterocycles. The number of fused-ring (bicyclic) bond motifs is 1. The van der Waals surface area contributed by atoms with Crippen molar-refractivity contribution in [2.24, 2.45) is 11.8 Å². The Bertz CT molecular complexity index is 411. The van der Waals surface area contributed by atoms with Crippen molar-refractivity contribution in [3.8, 4) is 0 Å². The maximum Gasteiger partial charge on any atom is 0.206 e. The van der Waals surface area contributed by atoms with Crippen LogP contribution in [0, 0.1) is 15.8 Å². The molecule has 0 spiro atoms. The highest BCUT2D eigenvalue weighted by Crippen LogP contribution is 2.37. The molecular weight excluding hydrogens is 238 g/mol. The van der Waals surface area contributed by atoms with Gasteiger partial charge < -0.3 is 4.90 Å². The zero-order valence-corrected chi connectivity index (χ0v) is 10.9. The SMILES string of the molecule is S=c1[nH]nc(N2CCC3CCCCC3C2)s1. The molecule has 1 aromatic heterocycles. The molecule has 2 atom stereocenters. The first-order valence-corrected chi connectivity index (χ1v) is 7.36. The second kappa shape index (κ2) is 4.45. The van der Waals surface area contributed by atoms with Crippen molar-refractivity contribution in [3.05, 3.63) is 3.95 Å². The Labute approximate surface area is 105 Å². The summed E-state index contributed by atoms with van der Waals surface area (Å²) in [6, 6.07) is 0. The van der Waals surface area contributed by atoms with E-state index in [2.05, 4.69) is 15.1 Å². The van der Waals surface area contributed by atoms with Crippen molar-refractivity contribution in [1.82, 2.24) is 10.2 Å². The molecule has 2 fully saturated rings. The van der Waals surface area contributed by atoms with Gasteiger partial charge in [0.25, 0.3) is 0 Å². The van der Waals surface area contributed by atoms with Crippen LogP contribution in [-0.4, -0.2) is 23.3 Å². The van der Waals surface area contributed by atoms with Gasteiger partial charge in [0.2, 0.25) is 5.13 Å². The molecule has 1 aliphatic heterocycles. The molecule has 1 saturated heterocycles. The highest BCUT2D eigenvalue weighted by atomic mass is 32.1. The topological polar surface area (TPSA) is 31.9 Å². The highest BCUT2D eigenvalue weighted by molar-refractivity contribution is 7.73. The molecule has 0 bridgehead atoms. The fourth-order valence-corrected chi connectivity index (χ4v) is 4.04. The van der Waals surface area contributed by atoms with Crippen molar-refractivity contribution in [3.63, 3.8) is 0 Å². The number of anilines is 1. The van der Waals surface area contributed by atoms with Crippen LogP contribution in [0.5, 0.6) is 0 Å². The molecular formula is C11H17N3S2. The van der Waals surface area contributed by atoms with Gasteiger partial charge >= 0.3 is 0 Å². The van der Waals surface area contributed by atoms with E-state index in [0.29, 0.717) is 0 Å². The van der Waals surface area contributed by atoms with E-state index in [1.165, 1.54) is 38.6 Å². The van der Waals surface area contributed by atoms with Gasteiger partial charge in [-0.2, -0.15) is 0 Å². The Hall–Kier alpha value is -0.420. The minimum atomic E-state index is 0.792. The molecule has 3 rings (SSSR count). The van der Waals surface area contributed by atoms with Crippen molar-refractivity contribution in [2.75, 3.05) is 18.0 Å². The van der Waals surface area contributed by atoms with E-state index in [4.69, 9.17) is 12.2 Å². The van der Waals surface area contributed by atoms with Crippen LogP contribution in [-0.2, 0) is 0 Å². The van der Waals surface area contributed by atoms with Crippen LogP contribution >= 0.6 is 23.6 Å². The van der Waals surface area contributed by atoms with Gasteiger partial charge in [-0.3, -0.25) is 5.10 Å². The van der Waals surface area contributed by atoms with E-state index in [1.54, 1.807) is 11.3 Å². The number of aromatic amines is 1. The number of piperidine rings is 1. The van der Waals surface area contributed by atoms with Crippen LogP contribution in [0.4, 0.5) is 5.13 Å². The summed E-state index contributed by atoms with van der Waals surface area (Å²) < 4.78 is 0.792. The van der Waals surface area contributed by atoms with Crippen LogP contribution in [0.3, 0.4) is 0 Å². The predicted molar refractivity (Wildman–Crippen MR) is 69.6 cm³/mol. The lowest BCUT2D eigenvalue weighted by molar-refractivity contribution is 0.202. The van der Waals surface area contributed by atoms with Crippen molar-refractivity contribution >= 4 is 28.7 Å². The number of aromatic nitrogens is 2. The van der Waals surface area contributed by atoms with Crippen LogP contribution in [0.1, 0.15) is 32.1 Å². The number of rotatable bonds is 1. The summed E-state index contributed by atoms with van der Waals surface area (Å²) >= 11 is 6.70. The standard InChI is InChI=1S/C11H17N3S2/c15-11-13-12-10(16-11)14-6-5-8-3-1-2-4-9(8)7-14/h8-9H,1-7H2,(H,13,15). The van der Waals surface area contributed by atoms with Gasteiger partial charge in [0.1, 0.15) is 0 Å². The normalized spacial score (nSPS) is 30.1. The summed E-state index contributed by atoms with van der Waals surface area (Å²) in [7, 11) is 0. The lowest BCUT2D eigenvalue weighted by Crippen LogP contribution is -2.41. The summed E-state index contributed by atoms with van der Waals surface area (Å²) in [5.74, 6) is 1.89. The number of nitrogens with one attached hydrogen (secondary N) is 1. The zero-order valence-electron chi connectivity index (χ0n) is 9.32.